The topological polar surface area (TPSA) is 68.2 Å². The number of hydrogen-bond acceptors (Lipinski definition) is 5. The maximum absolute atomic E-state index is 12.0. The number of ether oxygens (including phenoxy) is 3. The van der Waals surface area contributed by atoms with Crippen LogP contribution in [-0.2, 0) is 4.79 Å². The third kappa shape index (κ3) is 4.43. The number of aliphatic carboxylic acids is 1. The molecule has 2 aromatic carbocycles. The van der Waals surface area contributed by atoms with Crippen molar-refractivity contribution >= 4 is 17.6 Å². The van der Waals surface area contributed by atoms with E-state index in [9.17, 15) is 9.90 Å². The van der Waals surface area contributed by atoms with Crippen molar-refractivity contribution in [3.63, 3.8) is 0 Å². The van der Waals surface area contributed by atoms with E-state index in [4.69, 9.17) is 25.8 Å². The molecule has 0 bridgehead atoms. The molecule has 0 aliphatic carbocycles. The van der Waals surface area contributed by atoms with Crippen molar-refractivity contribution in [1.82, 2.24) is 4.90 Å². The van der Waals surface area contributed by atoms with Gasteiger partial charge < -0.3 is 19.3 Å². The van der Waals surface area contributed by atoms with Crippen LogP contribution in [0.2, 0.25) is 5.02 Å². The Hall–Kier alpha value is -2.44. The Morgan fingerprint density at radius 3 is 2.38 bits per heavy atom. The number of nitrogens with zero attached hydrogens (tertiary/aromatic N) is 1. The molecule has 156 valence electrons. The van der Waals surface area contributed by atoms with Crippen LogP contribution in [0.15, 0.2) is 36.4 Å². The van der Waals surface area contributed by atoms with Gasteiger partial charge >= 0.3 is 5.97 Å². The molecule has 7 heteroatoms. The van der Waals surface area contributed by atoms with Crippen molar-refractivity contribution in [3.8, 4) is 17.2 Å². The molecule has 1 heterocycles. The van der Waals surface area contributed by atoms with Crippen LogP contribution in [0.4, 0.5) is 0 Å². The summed E-state index contributed by atoms with van der Waals surface area (Å²) in [6.07, 6.45) is 2.41. The molecule has 0 spiro atoms. The van der Waals surface area contributed by atoms with Gasteiger partial charge in [-0.25, -0.2) is 0 Å². The number of hydrogen-bond donors (Lipinski definition) is 1. The molecule has 1 aliphatic heterocycles. The first-order valence-electron chi connectivity index (χ1n) is 9.54. The maximum Gasteiger partial charge on any atom is 0.320 e. The van der Waals surface area contributed by atoms with Crippen molar-refractivity contribution in [2.24, 2.45) is 0 Å². The molecule has 0 radical (unpaired) electrons. The summed E-state index contributed by atoms with van der Waals surface area (Å²) >= 11 is 6.31. The van der Waals surface area contributed by atoms with E-state index in [2.05, 4.69) is 0 Å². The van der Waals surface area contributed by atoms with Crippen LogP contribution in [0.25, 0.3) is 0 Å². The molecule has 1 fully saturated rings. The maximum atomic E-state index is 12.0. The number of benzene rings is 2. The normalized spacial score (nSPS) is 18.1. The van der Waals surface area contributed by atoms with Crippen molar-refractivity contribution in [1.29, 1.82) is 0 Å². The van der Waals surface area contributed by atoms with Gasteiger partial charge in [-0.3, -0.25) is 9.69 Å². The van der Waals surface area contributed by atoms with Gasteiger partial charge in [-0.05, 0) is 55.3 Å². The highest BCUT2D eigenvalue weighted by molar-refractivity contribution is 6.30. The zero-order valence-corrected chi connectivity index (χ0v) is 17.6. The van der Waals surface area contributed by atoms with Gasteiger partial charge in [0.1, 0.15) is 11.8 Å². The molecule has 0 aromatic heterocycles. The number of carboxylic acids is 1. The first-order valence-corrected chi connectivity index (χ1v) is 9.91. The molecule has 3 rings (SSSR count). The third-order valence-electron chi connectivity index (χ3n) is 5.37. The van der Waals surface area contributed by atoms with E-state index < -0.39 is 12.0 Å². The van der Waals surface area contributed by atoms with Crippen LogP contribution in [0.1, 0.15) is 36.4 Å². The highest BCUT2D eigenvalue weighted by Gasteiger charge is 2.36. The van der Waals surface area contributed by atoms with E-state index in [1.807, 2.05) is 35.2 Å². The molecule has 29 heavy (non-hydrogen) atoms. The fourth-order valence-electron chi connectivity index (χ4n) is 4.02. The quantitative estimate of drug-likeness (QED) is 0.717. The number of rotatable bonds is 7. The van der Waals surface area contributed by atoms with E-state index in [0.717, 1.165) is 24.0 Å². The van der Waals surface area contributed by atoms with Gasteiger partial charge in [0.2, 0.25) is 0 Å². The Bertz CT molecular complexity index is 872. The van der Waals surface area contributed by atoms with Crippen LogP contribution < -0.4 is 14.2 Å². The lowest BCUT2D eigenvalue weighted by atomic mass is 9.91. The lowest BCUT2D eigenvalue weighted by molar-refractivity contribution is -0.145. The van der Waals surface area contributed by atoms with Gasteiger partial charge in [0.15, 0.2) is 11.5 Å². The Morgan fingerprint density at radius 2 is 1.72 bits per heavy atom. The van der Waals surface area contributed by atoms with Crippen LogP contribution in [0.5, 0.6) is 17.2 Å². The minimum absolute atomic E-state index is 0.357. The molecule has 1 saturated heterocycles. The standard InChI is InChI=1S/C22H26ClNO5/c1-27-18-10-8-15(23)13-16(18)21(24-11-5-4-6-17(24)22(25)26)14-7-9-19(28-2)20(12-14)29-3/h7-10,12-13,17,21H,4-6,11H2,1-3H3,(H,25,26). The van der Waals surface area contributed by atoms with Crippen LogP contribution >= 0.6 is 11.6 Å². The molecular formula is C22H26ClNO5. The average molecular weight is 420 g/mol. The first-order chi connectivity index (χ1) is 14.0. The molecule has 2 atom stereocenters. The van der Waals surface area contributed by atoms with E-state index in [1.165, 1.54) is 0 Å². The van der Waals surface area contributed by atoms with Crippen LogP contribution in [0, 0.1) is 0 Å². The summed E-state index contributed by atoms with van der Waals surface area (Å²) < 4.78 is 16.5. The molecule has 1 aliphatic rings. The fraction of sp³-hybridized carbons (Fsp3) is 0.409. The largest absolute Gasteiger partial charge is 0.496 e. The fourth-order valence-corrected chi connectivity index (χ4v) is 4.20. The molecular weight excluding hydrogens is 394 g/mol. The Labute approximate surface area is 175 Å². The minimum atomic E-state index is -0.823. The van der Waals surface area contributed by atoms with Crippen LogP contribution in [-0.4, -0.2) is 49.9 Å². The number of likely N-dealkylation sites (tertiary alicyclic amines) is 1. The first kappa shape index (κ1) is 21.3. The monoisotopic (exact) mass is 419 g/mol. The highest BCUT2D eigenvalue weighted by atomic mass is 35.5. The van der Waals surface area contributed by atoms with E-state index in [1.54, 1.807) is 27.4 Å². The Morgan fingerprint density at radius 1 is 1.03 bits per heavy atom. The second-order valence-corrected chi connectivity index (χ2v) is 7.43. The number of methoxy groups -OCH3 is 3. The van der Waals surface area contributed by atoms with E-state index in [0.29, 0.717) is 35.2 Å². The minimum Gasteiger partial charge on any atom is -0.496 e. The Kier molecular flexibility index (Phi) is 6.87. The number of carbonyl (C=O) groups is 1. The van der Waals surface area contributed by atoms with Gasteiger partial charge in [-0.2, -0.15) is 0 Å². The lowest BCUT2D eigenvalue weighted by Gasteiger charge is -2.40. The zero-order valence-electron chi connectivity index (χ0n) is 16.9. The second-order valence-electron chi connectivity index (χ2n) is 6.99. The van der Waals surface area contributed by atoms with Gasteiger partial charge in [-0.1, -0.05) is 24.1 Å². The molecule has 2 unspecified atom stereocenters. The van der Waals surface area contributed by atoms with E-state index >= 15 is 0 Å². The van der Waals surface area contributed by atoms with E-state index in [-0.39, 0.29) is 6.04 Å². The molecule has 2 aromatic rings. The number of piperidine rings is 1. The third-order valence-corrected chi connectivity index (χ3v) is 5.61. The number of halogens is 1. The van der Waals surface area contributed by atoms with Crippen LogP contribution in [0.3, 0.4) is 0 Å². The van der Waals surface area contributed by atoms with Gasteiger partial charge in [0, 0.05) is 10.6 Å². The lowest BCUT2D eigenvalue weighted by Crippen LogP contribution is -2.46. The second kappa shape index (κ2) is 9.37. The summed E-state index contributed by atoms with van der Waals surface area (Å²) in [6.45, 7) is 0.658. The molecule has 1 N–H and O–H groups in total. The average Bonchev–Trinajstić information content (AvgIpc) is 2.74. The summed E-state index contributed by atoms with van der Waals surface area (Å²) in [6, 6.07) is 10.1. The van der Waals surface area contributed by atoms with Crippen molar-refractivity contribution in [2.75, 3.05) is 27.9 Å². The zero-order chi connectivity index (χ0) is 21.0. The van der Waals surface area contributed by atoms with Crippen molar-refractivity contribution in [2.45, 2.75) is 31.3 Å². The summed E-state index contributed by atoms with van der Waals surface area (Å²) in [4.78, 5) is 14.0. The van der Waals surface area contributed by atoms with Gasteiger partial charge in [0.05, 0.1) is 27.4 Å². The summed E-state index contributed by atoms with van der Waals surface area (Å²) in [5, 5.41) is 10.4. The molecule has 0 amide bonds. The smallest absolute Gasteiger partial charge is 0.320 e. The molecule has 0 saturated carbocycles. The SMILES string of the molecule is COc1ccc(C(c2cc(Cl)ccc2OC)N2CCCCC2C(=O)O)cc1OC. The predicted octanol–water partition coefficient (Wildman–Crippen LogP) is 4.39. The van der Waals surface area contributed by atoms with Crippen molar-refractivity contribution in [3.05, 3.63) is 52.5 Å². The summed E-state index contributed by atoms with van der Waals surface area (Å²) in [7, 11) is 4.76. The summed E-state index contributed by atoms with van der Waals surface area (Å²) in [5.41, 5.74) is 1.71. The summed E-state index contributed by atoms with van der Waals surface area (Å²) in [5.74, 6) is 1.03. The van der Waals surface area contributed by atoms with Gasteiger partial charge in [0.25, 0.3) is 0 Å². The Balaban J connectivity index is 2.19. The predicted molar refractivity (Wildman–Crippen MR) is 111 cm³/mol. The van der Waals surface area contributed by atoms with Gasteiger partial charge in [-0.15, -0.1) is 0 Å². The number of carboxylic acid groups (broad SMARTS) is 1. The molecule has 6 nitrogen and oxygen atoms in total. The van der Waals surface area contributed by atoms with Crippen molar-refractivity contribution < 1.29 is 24.1 Å². The highest BCUT2D eigenvalue weighted by Crippen LogP contribution is 2.41.